The lowest BCUT2D eigenvalue weighted by molar-refractivity contribution is -0.344. The quantitative estimate of drug-likeness (QED) is 0.113. The molecule has 3 aliphatic carbocycles. The first-order valence-corrected chi connectivity index (χ1v) is 25.1. The highest BCUT2D eigenvalue weighted by Gasteiger charge is 2.79. The molecule has 11 nitrogen and oxygen atoms in total. The first-order chi connectivity index (χ1) is 24.6. The molecule has 1 aromatic rings. The van der Waals surface area contributed by atoms with Crippen molar-refractivity contribution in [3.63, 3.8) is 0 Å². The third-order valence-corrected chi connectivity index (χ3v) is 18.6. The van der Waals surface area contributed by atoms with Crippen molar-refractivity contribution >= 4 is 40.3 Å². The van der Waals surface area contributed by atoms with E-state index in [1.165, 1.54) is 13.8 Å². The molecule has 2 bridgehead atoms. The smallest absolute Gasteiger partial charge is 0.338 e. The zero-order valence-corrected chi connectivity index (χ0v) is 35.6. The van der Waals surface area contributed by atoms with E-state index in [9.17, 15) is 19.5 Å². The maximum atomic E-state index is 16.0. The van der Waals surface area contributed by atoms with Crippen molar-refractivity contribution in [2.45, 2.75) is 155 Å². The van der Waals surface area contributed by atoms with Gasteiger partial charge in [-0.25, -0.2) is 4.79 Å². The number of ether oxygens (including phenoxy) is 4. The molecule has 0 unspecified atom stereocenters. The molecule has 0 amide bonds. The molecule has 0 spiro atoms. The van der Waals surface area contributed by atoms with Crippen molar-refractivity contribution < 1.29 is 52.1 Å². The predicted molar refractivity (Wildman–Crippen MR) is 203 cm³/mol. The van der Waals surface area contributed by atoms with Crippen LogP contribution in [0.2, 0.25) is 37.8 Å². The van der Waals surface area contributed by atoms with Gasteiger partial charge in [0.2, 0.25) is 0 Å². The van der Waals surface area contributed by atoms with Crippen LogP contribution in [0, 0.1) is 16.7 Å². The van der Waals surface area contributed by atoms with Gasteiger partial charge in [0.25, 0.3) is 0 Å². The average Bonchev–Trinajstić information content (AvgIpc) is 3.07. The van der Waals surface area contributed by atoms with Gasteiger partial charge in [0.05, 0.1) is 35.7 Å². The molecule has 3 fully saturated rings. The summed E-state index contributed by atoms with van der Waals surface area (Å²) in [5, 5.41) is 13.8. The van der Waals surface area contributed by atoms with E-state index in [0.29, 0.717) is 11.1 Å². The summed E-state index contributed by atoms with van der Waals surface area (Å²) in [6.07, 6.45) is -4.97. The highest BCUT2D eigenvalue weighted by Crippen LogP contribution is 2.65. The van der Waals surface area contributed by atoms with Gasteiger partial charge in [0.15, 0.2) is 34.1 Å². The molecule has 294 valence electrons. The second-order valence-electron chi connectivity index (χ2n) is 17.3. The van der Waals surface area contributed by atoms with E-state index in [4.69, 9.17) is 27.8 Å². The Labute approximate surface area is 316 Å². The zero-order valence-electron chi connectivity index (χ0n) is 33.6. The van der Waals surface area contributed by atoms with Gasteiger partial charge in [-0.15, -0.1) is 0 Å². The molecular formula is C40H60O11Si2. The lowest BCUT2D eigenvalue weighted by atomic mass is 9.44. The van der Waals surface area contributed by atoms with Crippen LogP contribution in [0.5, 0.6) is 0 Å². The molecule has 1 heterocycles. The maximum absolute atomic E-state index is 16.0. The van der Waals surface area contributed by atoms with Crippen LogP contribution in [0.25, 0.3) is 0 Å². The number of Topliss-reactive ketones (excluding diaryl/α,β-unsaturated/α-hetero) is 1. The summed E-state index contributed by atoms with van der Waals surface area (Å²) in [6, 6.07) is 10.8. The molecule has 1 saturated heterocycles. The Kier molecular flexibility index (Phi) is 11.3. The van der Waals surface area contributed by atoms with Crippen molar-refractivity contribution in [3.05, 3.63) is 47.0 Å². The van der Waals surface area contributed by atoms with Crippen LogP contribution in [0.15, 0.2) is 41.5 Å². The number of fused-ring (bicyclic) bond motifs is 5. The van der Waals surface area contributed by atoms with Gasteiger partial charge < -0.3 is 32.9 Å². The monoisotopic (exact) mass is 772 g/mol. The number of esters is 3. The number of ketones is 1. The first kappa shape index (κ1) is 41.5. The van der Waals surface area contributed by atoms with Gasteiger partial charge in [-0.2, -0.15) is 0 Å². The molecule has 4 aliphatic rings. The number of rotatable bonds is 11. The fourth-order valence-corrected chi connectivity index (χ4v) is 14.0. The summed E-state index contributed by atoms with van der Waals surface area (Å²) in [5.74, 6) is -3.64. The van der Waals surface area contributed by atoms with Crippen LogP contribution in [-0.4, -0.2) is 93.8 Å². The Morgan fingerprint density at radius 3 is 2.02 bits per heavy atom. The molecule has 13 heteroatoms. The fourth-order valence-electron chi connectivity index (χ4n) is 9.90. The summed E-state index contributed by atoms with van der Waals surface area (Å²) < 4.78 is 39.3. The topological polar surface area (TPSA) is 144 Å². The normalized spacial score (nSPS) is 35.2. The SMILES string of the molecule is CC[Si](CC)(CC)O[C@H]1C[C@H]2OC[C@@]2(OC(C)=O)[C@H]2[C@H](OC(=O)c3ccccc3)[C@]3(O)C[C@H](O[Si](C)(C)C)C(C)=C([C@@H](OC(C)=O)C(=O)[C@]12C)C3(C)C. The average molecular weight is 773 g/mol. The highest BCUT2D eigenvalue weighted by molar-refractivity contribution is 6.73. The third kappa shape index (κ3) is 6.81. The van der Waals surface area contributed by atoms with Crippen molar-refractivity contribution in [1.29, 1.82) is 0 Å². The summed E-state index contributed by atoms with van der Waals surface area (Å²) in [6.45, 7) is 22.1. The van der Waals surface area contributed by atoms with Gasteiger partial charge in [0.1, 0.15) is 17.8 Å². The van der Waals surface area contributed by atoms with Gasteiger partial charge in [-0.05, 0) is 74.9 Å². The lowest BCUT2D eigenvalue weighted by Gasteiger charge is -2.68. The van der Waals surface area contributed by atoms with Crippen LogP contribution in [-0.2, 0) is 42.2 Å². The first-order valence-electron chi connectivity index (χ1n) is 19.1. The largest absolute Gasteiger partial charge is 0.455 e. The molecule has 0 radical (unpaired) electrons. The van der Waals surface area contributed by atoms with Gasteiger partial charge in [-0.1, -0.05) is 52.8 Å². The minimum absolute atomic E-state index is 0.00926. The van der Waals surface area contributed by atoms with E-state index in [2.05, 4.69) is 20.8 Å². The van der Waals surface area contributed by atoms with Crippen molar-refractivity contribution in [3.8, 4) is 0 Å². The Balaban J connectivity index is 1.91. The molecule has 0 aromatic heterocycles. The highest BCUT2D eigenvalue weighted by atomic mass is 28.4. The molecular weight excluding hydrogens is 713 g/mol. The Hall–Kier alpha value is -2.69. The van der Waals surface area contributed by atoms with E-state index < -0.39 is 98.8 Å². The molecule has 1 aromatic carbocycles. The Morgan fingerprint density at radius 1 is 0.925 bits per heavy atom. The fraction of sp³-hybridized carbons (Fsp3) is 0.700. The van der Waals surface area contributed by atoms with Crippen molar-refractivity contribution in [2.75, 3.05) is 6.61 Å². The molecule has 1 N–H and O–H groups in total. The molecule has 1 aliphatic heterocycles. The summed E-state index contributed by atoms with van der Waals surface area (Å²) >= 11 is 0. The minimum atomic E-state index is -2.48. The van der Waals surface area contributed by atoms with Crippen LogP contribution in [0.4, 0.5) is 0 Å². The van der Waals surface area contributed by atoms with Crippen LogP contribution in [0.1, 0.15) is 85.5 Å². The number of benzene rings is 1. The lowest BCUT2D eigenvalue weighted by Crippen LogP contribution is -2.82. The van der Waals surface area contributed by atoms with Gasteiger partial charge in [-0.3, -0.25) is 14.4 Å². The van der Waals surface area contributed by atoms with Crippen molar-refractivity contribution in [2.24, 2.45) is 16.7 Å². The summed E-state index contributed by atoms with van der Waals surface area (Å²) in [5.41, 5.74) is -5.07. The standard InChI is InChI=1S/C40H60O11Si2/c1-13-53(14-2,15-3)51-29-21-30-39(23-46-30,49-26(6)42)33-35(48-36(44)27-19-17-16-18-20-27)40(45)22-28(50-52(10,11)12)24(4)31(37(40,7)8)32(47-25(5)41)34(43)38(29,33)9/h16-20,28-30,32-33,35,45H,13-15,21-23H2,1-12H3/t28-,29-,30+,32+,33-,35-,38+,39-,40+/m0/s1. The summed E-state index contributed by atoms with van der Waals surface area (Å²) in [4.78, 5) is 56.6. The predicted octanol–water partition coefficient (Wildman–Crippen LogP) is 6.54. The van der Waals surface area contributed by atoms with Crippen LogP contribution in [0.3, 0.4) is 0 Å². The molecule has 5 rings (SSSR count). The van der Waals surface area contributed by atoms with Crippen LogP contribution < -0.4 is 0 Å². The van der Waals surface area contributed by atoms with Crippen molar-refractivity contribution in [1.82, 2.24) is 0 Å². The minimum Gasteiger partial charge on any atom is -0.455 e. The zero-order chi connectivity index (χ0) is 39.5. The van der Waals surface area contributed by atoms with E-state index in [1.54, 1.807) is 51.1 Å². The number of carbonyl (C=O) groups excluding carboxylic acids is 4. The van der Waals surface area contributed by atoms with E-state index in [-0.39, 0.29) is 25.0 Å². The number of carbonyl (C=O) groups is 4. The van der Waals surface area contributed by atoms with Gasteiger partial charge >= 0.3 is 17.9 Å². The van der Waals surface area contributed by atoms with E-state index in [0.717, 1.165) is 18.1 Å². The third-order valence-electron chi connectivity index (χ3n) is 13.0. The molecule has 2 saturated carbocycles. The number of aliphatic hydroxyl groups is 1. The van der Waals surface area contributed by atoms with Gasteiger partial charge in [0, 0.05) is 32.1 Å². The number of hydrogen-bond donors (Lipinski definition) is 1. The van der Waals surface area contributed by atoms with Crippen LogP contribution >= 0.6 is 0 Å². The number of hydrogen-bond acceptors (Lipinski definition) is 11. The van der Waals surface area contributed by atoms with E-state index >= 15 is 4.79 Å². The molecule has 53 heavy (non-hydrogen) atoms. The molecule has 9 atom stereocenters. The second-order valence-corrected chi connectivity index (χ2v) is 26.5. The maximum Gasteiger partial charge on any atom is 0.338 e. The Bertz CT molecular complexity index is 1620. The summed E-state index contributed by atoms with van der Waals surface area (Å²) in [7, 11) is -4.80. The second kappa shape index (κ2) is 14.4. The Morgan fingerprint density at radius 2 is 1.53 bits per heavy atom. The van der Waals surface area contributed by atoms with E-state index in [1.807, 2.05) is 26.6 Å².